The van der Waals surface area contributed by atoms with Crippen molar-refractivity contribution in [2.75, 3.05) is 0 Å². The highest BCUT2D eigenvalue weighted by molar-refractivity contribution is 5.36. The molecule has 1 aromatic carbocycles. The van der Waals surface area contributed by atoms with Gasteiger partial charge in [0.05, 0.1) is 11.3 Å². The summed E-state index contributed by atoms with van der Waals surface area (Å²) in [6.07, 6.45) is -3.21. The van der Waals surface area contributed by atoms with Gasteiger partial charge < -0.3 is 5.73 Å². The molecule has 21 heavy (non-hydrogen) atoms. The molecule has 0 bridgehead atoms. The van der Waals surface area contributed by atoms with Crippen LogP contribution in [0.5, 0.6) is 0 Å². The Bertz CT molecular complexity index is 773. The normalized spacial score (nSPS) is 11.7. The van der Waals surface area contributed by atoms with Gasteiger partial charge in [-0.05, 0) is 24.3 Å². The number of hydrogen-bond acceptors (Lipinski definition) is 3. The van der Waals surface area contributed by atoms with E-state index in [0.717, 1.165) is 33.4 Å². The van der Waals surface area contributed by atoms with Crippen molar-refractivity contribution >= 4 is 0 Å². The van der Waals surface area contributed by atoms with Crippen LogP contribution in [0.2, 0.25) is 0 Å². The third kappa shape index (κ3) is 2.75. The SMILES string of the molecule is Cn1c(=O)c(CN)cn(-c2ccc(C(F)(F)F)cc2)c1=O. The number of aromatic nitrogens is 2. The maximum atomic E-state index is 12.5. The second kappa shape index (κ2) is 5.21. The average molecular weight is 299 g/mol. The van der Waals surface area contributed by atoms with Crippen LogP contribution in [0, 0.1) is 0 Å². The second-order valence-corrected chi connectivity index (χ2v) is 4.42. The van der Waals surface area contributed by atoms with Gasteiger partial charge in [-0.2, -0.15) is 13.2 Å². The van der Waals surface area contributed by atoms with E-state index in [9.17, 15) is 22.8 Å². The van der Waals surface area contributed by atoms with Gasteiger partial charge in [-0.25, -0.2) is 4.79 Å². The van der Waals surface area contributed by atoms with E-state index in [4.69, 9.17) is 5.73 Å². The minimum Gasteiger partial charge on any atom is -0.326 e. The number of alkyl halides is 3. The molecule has 0 aliphatic carbocycles. The van der Waals surface area contributed by atoms with Gasteiger partial charge in [0.2, 0.25) is 0 Å². The summed E-state index contributed by atoms with van der Waals surface area (Å²) >= 11 is 0. The van der Waals surface area contributed by atoms with Gasteiger partial charge in [-0.3, -0.25) is 13.9 Å². The highest BCUT2D eigenvalue weighted by Crippen LogP contribution is 2.29. The minimum absolute atomic E-state index is 0.0758. The molecule has 0 saturated carbocycles. The number of hydrogen-bond donors (Lipinski definition) is 1. The molecule has 2 N–H and O–H groups in total. The fourth-order valence-corrected chi connectivity index (χ4v) is 1.87. The first-order valence-electron chi connectivity index (χ1n) is 5.95. The van der Waals surface area contributed by atoms with Crippen molar-refractivity contribution in [3.63, 3.8) is 0 Å². The lowest BCUT2D eigenvalue weighted by Gasteiger charge is -2.11. The average Bonchev–Trinajstić information content (AvgIpc) is 2.44. The summed E-state index contributed by atoms with van der Waals surface area (Å²) in [5, 5.41) is 0. The van der Waals surface area contributed by atoms with Crippen molar-refractivity contribution in [1.82, 2.24) is 9.13 Å². The molecule has 0 fully saturated rings. The molecule has 8 heteroatoms. The molecular formula is C13H12F3N3O2. The van der Waals surface area contributed by atoms with Crippen LogP contribution in [0.1, 0.15) is 11.1 Å². The van der Waals surface area contributed by atoms with Crippen LogP contribution in [-0.4, -0.2) is 9.13 Å². The molecule has 0 unspecified atom stereocenters. The smallest absolute Gasteiger partial charge is 0.326 e. The number of nitrogens with zero attached hydrogens (tertiary/aromatic N) is 2. The third-order valence-electron chi connectivity index (χ3n) is 3.05. The lowest BCUT2D eigenvalue weighted by Crippen LogP contribution is -2.39. The topological polar surface area (TPSA) is 70.0 Å². The monoisotopic (exact) mass is 299 g/mol. The summed E-state index contributed by atoms with van der Waals surface area (Å²) in [7, 11) is 1.28. The first-order chi connectivity index (χ1) is 9.75. The molecule has 0 spiro atoms. The zero-order valence-corrected chi connectivity index (χ0v) is 11.0. The van der Waals surface area contributed by atoms with Gasteiger partial charge >= 0.3 is 11.9 Å². The fourth-order valence-electron chi connectivity index (χ4n) is 1.87. The predicted octanol–water partition coefficient (Wildman–Crippen LogP) is 1.01. The van der Waals surface area contributed by atoms with Crippen LogP contribution in [-0.2, 0) is 19.8 Å². The summed E-state index contributed by atoms with van der Waals surface area (Å²) in [6, 6.07) is 4.06. The third-order valence-corrected chi connectivity index (χ3v) is 3.05. The van der Waals surface area contributed by atoms with Crippen LogP contribution >= 0.6 is 0 Å². The zero-order chi connectivity index (χ0) is 15.8. The van der Waals surface area contributed by atoms with E-state index in [-0.39, 0.29) is 17.8 Å². The predicted molar refractivity (Wildman–Crippen MR) is 70.2 cm³/mol. The Labute approximate surface area is 117 Å². The van der Waals surface area contributed by atoms with E-state index in [0.29, 0.717) is 0 Å². The highest BCUT2D eigenvalue weighted by Gasteiger charge is 2.30. The van der Waals surface area contributed by atoms with E-state index in [1.165, 1.54) is 13.2 Å². The van der Waals surface area contributed by atoms with Crippen LogP contribution in [0.3, 0.4) is 0 Å². The molecule has 0 amide bonds. The molecule has 0 saturated heterocycles. The molecule has 1 heterocycles. The van der Waals surface area contributed by atoms with Gasteiger partial charge in [0, 0.05) is 25.4 Å². The Kier molecular flexibility index (Phi) is 3.73. The Morgan fingerprint density at radius 2 is 1.71 bits per heavy atom. The van der Waals surface area contributed by atoms with Crippen molar-refractivity contribution in [3.8, 4) is 5.69 Å². The number of nitrogens with two attached hydrogens (primary N) is 1. The molecule has 1 aromatic heterocycles. The number of rotatable bonds is 2. The molecule has 2 aromatic rings. The van der Waals surface area contributed by atoms with Crippen molar-refractivity contribution in [2.24, 2.45) is 12.8 Å². The first-order valence-corrected chi connectivity index (χ1v) is 5.95. The Hall–Kier alpha value is -2.35. The molecule has 0 radical (unpaired) electrons. The van der Waals surface area contributed by atoms with Crippen LogP contribution in [0.25, 0.3) is 5.69 Å². The molecule has 112 valence electrons. The largest absolute Gasteiger partial charge is 0.416 e. The van der Waals surface area contributed by atoms with Crippen LogP contribution in [0.4, 0.5) is 13.2 Å². The van der Waals surface area contributed by atoms with Crippen molar-refractivity contribution in [1.29, 1.82) is 0 Å². The van der Waals surface area contributed by atoms with Crippen molar-refractivity contribution in [2.45, 2.75) is 12.7 Å². The maximum absolute atomic E-state index is 12.5. The summed E-state index contributed by atoms with van der Waals surface area (Å²) in [4.78, 5) is 23.7. The van der Waals surface area contributed by atoms with Gasteiger partial charge in [-0.15, -0.1) is 0 Å². The molecule has 5 nitrogen and oxygen atoms in total. The second-order valence-electron chi connectivity index (χ2n) is 4.42. The quantitative estimate of drug-likeness (QED) is 0.900. The van der Waals surface area contributed by atoms with E-state index in [2.05, 4.69) is 0 Å². The lowest BCUT2D eigenvalue weighted by molar-refractivity contribution is -0.137. The zero-order valence-electron chi connectivity index (χ0n) is 11.0. The lowest BCUT2D eigenvalue weighted by atomic mass is 10.2. The summed E-state index contributed by atoms with van der Waals surface area (Å²) < 4.78 is 39.5. The van der Waals surface area contributed by atoms with Gasteiger partial charge in [-0.1, -0.05) is 0 Å². The van der Waals surface area contributed by atoms with Crippen molar-refractivity contribution < 1.29 is 13.2 Å². The summed E-state index contributed by atoms with van der Waals surface area (Å²) in [6.45, 7) is -0.0758. The maximum Gasteiger partial charge on any atom is 0.416 e. The molecular weight excluding hydrogens is 287 g/mol. The van der Waals surface area contributed by atoms with E-state index >= 15 is 0 Å². The molecule has 2 rings (SSSR count). The minimum atomic E-state index is -4.45. The molecule has 0 aliphatic rings. The van der Waals surface area contributed by atoms with E-state index in [1.54, 1.807) is 0 Å². The summed E-state index contributed by atoms with van der Waals surface area (Å²) in [5.74, 6) is 0. The standard InChI is InChI=1S/C13H12F3N3O2/c1-18-11(20)8(6-17)7-19(12(18)21)10-4-2-9(3-5-10)13(14,15)16/h2-5,7H,6,17H2,1H3. The highest BCUT2D eigenvalue weighted by atomic mass is 19.4. The van der Waals surface area contributed by atoms with Gasteiger partial charge in [0.1, 0.15) is 0 Å². The fraction of sp³-hybridized carbons (Fsp3) is 0.231. The van der Waals surface area contributed by atoms with E-state index in [1.807, 2.05) is 0 Å². The van der Waals surface area contributed by atoms with Crippen molar-refractivity contribution in [3.05, 3.63) is 62.4 Å². The first kappa shape index (κ1) is 15.0. The number of benzene rings is 1. The van der Waals surface area contributed by atoms with Crippen LogP contribution < -0.4 is 17.0 Å². The van der Waals surface area contributed by atoms with Gasteiger partial charge in [0.25, 0.3) is 5.56 Å². The Morgan fingerprint density at radius 1 is 1.14 bits per heavy atom. The van der Waals surface area contributed by atoms with Crippen LogP contribution in [0.15, 0.2) is 40.1 Å². The Morgan fingerprint density at radius 3 is 2.19 bits per heavy atom. The number of halogens is 3. The van der Waals surface area contributed by atoms with E-state index < -0.39 is 23.0 Å². The van der Waals surface area contributed by atoms with Gasteiger partial charge in [0.15, 0.2) is 0 Å². The Balaban J connectivity index is 2.60. The molecule has 0 atom stereocenters. The summed E-state index contributed by atoms with van der Waals surface area (Å²) in [5.41, 5.74) is 3.84. The molecule has 0 aliphatic heterocycles.